The van der Waals surface area contributed by atoms with E-state index < -0.39 is 10.0 Å². The van der Waals surface area contributed by atoms with E-state index >= 15 is 0 Å². The van der Waals surface area contributed by atoms with Crippen LogP contribution in [0.15, 0.2) is 65.1 Å². The SMILES string of the molecule is CNC(=O)c1c(-c2ccc(Oc3ccc(F)cc3)cc2)oc2cc3c(cc12)[C@H](C)N(C)CCN3S(C)(=O)=O. The van der Waals surface area contributed by atoms with Crippen molar-refractivity contribution < 1.29 is 26.8 Å². The maximum Gasteiger partial charge on any atom is 0.255 e. The number of anilines is 1. The fraction of sp³-hybridized carbons (Fsp3) is 0.250. The van der Waals surface area contributed by atoms with Crippen molar-refractivity contribution in [2.75, 3.05) is 37.7 Å². The normalized spacial score (nSPS) is 16.2. The summed E-state index contributed by atoms with van der Waals surface area (Å²) in [6, 6.07) is 16.2. The zero-order valence-corrected chi connectivity index (χ0v) is 22.3. The number of carbonyl (C=O) groups excluding carboxylic acids is 1. The largest absolute Gasteiger partial charge is 0.457 e. The predicted octanol–water partition coefficient (Wildman–Crippen LogP) is 5.16. The smallest absolute Gasteiger partial charge is 0.255 e. The Hall–Kier alpha value is -3.89. The summed E-state index contributed by atoms with van der Waals surface area (Å²) in [6.45, 7) is 2.88. The molecule has 198 valence electrons. The van der Waals surface area contributed by atoms with E-state index in [2.05, 4.69) is 10.2 Å². The Morgan fingerprint density at radius 2 is 1.68 bits per heavy atom. The number of ether oxygens (including phenoxy) is 1. The Morgan fingerprint density at radius 1 is 1.05 bits per heavy atom. The van der Waals surface area contributed by atoms with Gasteiger partial charge in [-0.15, -0.1) is 0 Å². The number of halogens is 1. The Labute approximate surface area is 220 Å². The van der Waals surface area contributed by atoms with Crippen molar-refractivity contribution in [2.24, 2.45) is 0 Å². The maximum absolute atomic E-state index is 13.2. The molecule has 1 aliphatic rings. The molecule has 3 aromatic carbocycles. The lowest BCUT2D eigenvalue weighted by Gasteiger charge is -2.23. The van der Waals surface area contributed by atoms with Crippen LogP contribution in [0.4, 0.5) is 10.1 Å². The number of sulfonamides is 1. The average molecular weight is 538 g/mol. The molecule has 1 aliphatic heterocycles. The van der Waals surface area contributed by atoms with E-state index in [1.54, 1.807) is 37.4 Å². The number of benzene rings is 3. The molecular formula is C28H28FN3O5S. The van der Waals surface area contributed by atoms with E-state index in [9.17, 15) is 17.6 Å². The van der Waals surface area contributed by atoms with Crippen LogP contribution < -0.4 is 14.4 Å². The number of fused-ring (bicyclic) bond motifs is 2. The van der Waals surface area contributed by atoms with E-state index in [-0.39, 0.29) is 17.8 Å². The number of nitrogens with one attached hydrogen (secondary N) is 1. The monoisotopic (exact) mass is 537 g/mol. The molecule has 10 heteroatoms. The average Bonchev–Trinajstić information content (AvgIpc) is 3.20. The standard InChI is InChI=1S/C28H28FN3O5S/c1-17-22-15-23-25(16-24(22)32(38(4,34)35)14-13-31(17)3)37-27(26(23)28(33)30-2)18-5-9-20(10-6-18)36-21-11-7-19(29)8-12-21/h5-12,15-17H,13-14H2,1-4H3,(H,30,33)/t17-/m0/s1. The molecule has 0 saturated heterocycles. The molecule has 5 rings (SSSR count). The van der Waals surface area contributed by atoms with E-state index in [0.717, 1.165) is 5.56 Å². The van der Waals surface area contributed by atoms with Crippen LogP contribution in [0.25, 0.3) is 22.3 Å². The molecule has 0 fully saturated rings. The number of hydrogen-bond donors (Lipinski definition) is 1. The van der Waals surface area contributed by atoms with Gasteiger partial charge in [-0.25, -0.2) is 12.8 Å². The second kappa shape index (κ2) is 9.77. The first-order valence-electron chi connectivity index (χ1n) is 12.1. The van der Waals surface area contributed by atoms with Crippen LogP contribution in [-0.2, 0) is 10.0 Å². The van der Waals surface area contributed by atoms with Gasteiger partial charge in [0.05, 0.1) is 17.5 Å². The molecule has 4 aromatic rings. The van der Waals surface area contributed by atoms with Gasteiger partial charge in [-0.3, -0.25) is 14.0 Å². The summed E-state index contributed by atoms with van der Waals surface area (Å²) in [5, 5.41) is 3.29. The molecule has 0 radical (unpaired) electrons. The third kappa shape index (κ3) is 4.72. The number of hydrogen-bond acceptors (Lipinski definition) is 6. The number of rotatable bonds is 5. The van der Waals surface area contributed by atoms with Crippen molar-refractivity contribution in [2.45, 2.75) is 13.0 Å². The molecule has 1 atom stereocenters. The van der Waals surface area contributed by atoms with E-state index in [1.165, 1.54) is 34.8 Å². The third-order valence-electron chi connectivity index (χ3n) is 6.89. The zero-order valence-electron chi connectivity index (χ0n) is 21.5. The topological polar surface area (TPSA) is 92.1 Å². The minimum absolute atomic E-state index is 0.0834. The Balaban J connectivity index is 1.62. The van der Waals surface area contributed by atoms with Gasteiger partial charge >= 0.3 is 0 Å². The van der Waals surface area contributed by atoms with Crippen molar-refractivity contribution in [1.82, 2.24) is 10.2 Å². The highest BCUT2D eigenvalue weighted by molar-refractivity contribution is 7.92. The van der Waals surface area contributed by atoms with E-state index in [1.807, 2.05) is 20.0 Å². The molecule has 0 bridgehead atoms. The first-order chi connectivity index (χ1) is 18.1. The van der Waals surface area contributed by atoms with Crippen LogP contribution in [0.2, 0.25) is 0 Å². The quantitative estimate of drug-likeness (QED) is 0.378. The van der Waals surface area contributed by atoms with E-state index in [0.29, 0.717) is 58.1 Å². The summed E-state index contributed by atoms with van der Waals surface area (Å²) in [6.07, 6.45) is 1.19. The fourth-order valence-electron chi connectivity index (χ4n) is 4.71. The van der Waals surface area contributed by atoms with E-state index in [4.69, 9.17) is 9.15 Å². The van der Waals surface area contributed by atoms with Gasteiger partial charge in [0.1, 0.15) is 28.7 Å². The molecule has 38 heavy (non-hydrogen) atoms. The Kier molecular flexibility index (Phi) is 6.62. The molecule has 1 aromatic heterocycles. The third-order valence-corrected chi connectivity index (χ3v) is 8.07. The van der Waals surface area contributed by atoms with Crippen molar-refractivity contribution in [3.8, 4) is 22.8 Å². The van der Waals surface area contributed by atoms with Gasteiger partial charge in [-0.1, -0.05) is 0 Å². The van der Waals surface area contributed by atoms with Crippen LogP contribution in [-0.4, -0.2) is 52.7 Å². The Morgan fingerprint density at radius 3 is 2.29 bits per heavy atom. The Bertz CT molecular complexity index is 1620. The van der Waals surface area contributed by atoms with Gasteiger partial charge in [-0.05, 0) is 74.1 Å². The highest BCUT2D eigenvalue weighted by Crippen LogP contribution is 2.42. The first-order valence-corrected chi connectivity index (χ1v) is 14.0. The number of furan rings is 1. The van der Waals surface area contributed by atoms with Gasteiger partial charge in [0, 0.05) is 43.2 Å². The molecule has 2 heterocycles. The van der Waals surface area contributed by atoms with Crippen molar-refractivity contribution in [3.63, 3.8) is 0 Å². The fourth-order valence-corrected chi connectivity index (χ4v) is 5.64. The molecule has 0 unspecified atom stereocenters. The molecular weight excluding hydrogens is 509 g/mol. The molecule has 1 amide bonds. The maximum atomic E-state index is 13.2. The molecule has 0 aliphatic carbocycles. The summed E-state index contributed by atoms with van der Waals surface area (Å²) in [5.41, 5.74) is 2.76. The lowest BCUT2D eigenvalue weighted by Crippen LogP contribution is -2.34. The van der Waals surface area contributed by atoms with Gasteiger partial charge in [-0.2, -0.15) is 0 Å². The van der Waals surface area contributed by atoms with Crippen LogP contribution in [0.1, 0.15) is 28.9 Å². The van der Waals surface area contributed by atoms with Crippen molar-refractivity contribution in [3.05, 3.63) is 77.6 Å². The minimum atomic E-state index is -3.54. The number of carbonyl (C=O) groups is 1. The summed E-state index contributed by atoms with van der Waals surface area (Å²) >= 11 is 0. The number of likely N-dealkylation sites (N-methyl/N-ethyl adjacent to an activating group) is 1. The van der Waals surface area contributed by atoms with Gasteiger partial charge in [0.15, 0.2) is 0 Å². The zero-order chi connectivity index (χ0) is 27.2. The van der Waals surface area contributed by atoms with Crippen LogP contribution in [0.3, 0.4) is 0 Å². The number of amides is 1. The van der Waals surface area contributed by atoms with Crippen LogP contribution in [0.5, 0.6) is 11.5 Å². The highest BCUT2D eigenvalue weighted by atomic mass is 32.2. The summed E-state index contributed by atoms with van der Waals surface area (Å²) in [4.78, 5) is 15.2. The lowest BCUT2D eigenvalue weighted by atomic mass is 9.99. The summed E-state index contributed by atoms with van der Waals surface area (Å²) in [5.74, 6) is 0.715. The number of nitrogens with zero attached hydrogens (tertiary/aromatic N) is 2. The minimum Gasteiger partial charge on any atom is -0.457 e. The second-order valence-corrected chi connectivity index (χ2v) is 11.3. The van der Waals surface area contributed by atoms with Crippen LogP contribution in [0, 0.1) is 5.82 Å². The lowest BCUT2D eigenvalue weighted by molar-refractivity contribution is 0.0964. The first kappa shape index (κ1) is 25.7. The predicted molar refractivity (Wildman–Crippen MR) is 145 cm³/mol. The molecule has 0 saturated carbocycles. The van der Waals surface area contributed by atoms with Gasteiger partial charge in [0.25, 0.3) is 5.91 Å². The molecule has 1 N–H and O–H groups in total. The van der Waals surface area contributed by atoms with Crippen molar-refractivity contribution in [1.29, 1.82) is 0 Å². The molecule has 8 nitrogen and oxygen atoms in total. The van der Waals surface area contributed by atoms with Gasteiger partial charge < -0.3 is 14.5 Å². The second-order valence-electron chi connectivity index (χ2n) is 9.36. The van der Waals surface area contributed by atoms with Gasteiger partial charge in [0.2, 0.25) is 10.0 Å². The van der Waals surface area contributed by atoms with Crippen molar-refractivity contribution >= 4 is 32.6 Å². The molecule has 0 spiro atoms. The summed E-state index contributed by atoms with van der Waals surface area (Å²) < 4.78 is 51.9. The van der Waals surface area contributed by atoms with Crippen LogP contribution >= 0.6 is 0 Å². The highest BCUT2D eigenvalue weighted by Gasteiger charge is 2.31. The summed E-state index contributed by atoms with van der Waals surface area (Å²) in [7, 11) is -0.0403.